The first-order chi connectivity index (χ1) is 16.3. The van der Waals surface area contributed by atoms with Crippen molar-refractivity contribution in [2.24, 2.45) is 0 Å². The summed E-state index contributed by atoms with van der Waals surface area (Å²) in [5, 5.41) is 2.81. The number of nitrogens with zero attached hydrogens (tertiary/aromatic N) is 1. The van der Waals surface area contributed by atoms with Crippen LogP contribution in [-0.2, 0) is 22.7 Å². The number of urea groups is 1. The quantitative estimate of drug-likeness (QED) is 0.300. The number of hydrogen-bond donors (Lipinski definition) is 1. The van der Waals surface area contributed by atoms with Gasteiger partial charge >= 0.3 is 12.0 Å². The molecular formula is C24H18ClFN2O6. The van der Waals surface area contributed by atoms with Crippen LogP contribution in [-0.4, -0.2) is 29.9 Å². The first-order valence-electron chi connectivity index (χ1n) is 10.0. The summed E-state index contributed by atoms with van der Waals surface area (Å²) < 4.78 is 28.6. The smallest absolute Gasteiger partial charge is 0.373 e. The third-order valence-corrected chi connectivity index (χ3v) is 5.19. The van der Waals surface area contributed by atoms with E-state index in [4.69, 9.17) is 20.8 Å². The summed E-state index contributed by atoms with van der Waals surface area (Å²) in [6, 6.07) is 13.1. The van der Waals surface area contributed by atoms with Gasteiger partial charge in [-0.15, -0.1) is 0 Å². The zero-order chi connectivity index (χ0) is 24.2. The van der Waals surface area contributed by atoms with E-state index in [1.165, 1.54) is 37.5 Å². The number of halogens is 2. The van der Waals surface area contributed by atoms with Gasteiger partial charge in [0.15, 0.2) is 0 Å². The first-order valence-corrected chi connectivity index (χ1v) is 10.4. The molecule has 1 saturated heterocycles. The average molecular weight is 485 g/mol. The predicted molar refractivity (Wildman–Crippen MR) is 119 cm³/mol. The van der Waals surface area contributed by atoms with Crippen LogP contribution >= 0.6 is 11.6 Å². The number of furan rings is 1. The number of rotatable bonds is 7. The van der Waals surface area contributed by atoms with E-state index in [1.54, 1.807) is 30.3 Å². The third kappa shape index (κ3) is 5.10. The normalized spacial score (nSPS) is 14.4. The maximum Gasteiger partial charge on any atom is 0.373 e. The Bertz CT molecular complexity index is 1280. The lowest BCUT2D eigenvalue weighted by Gasteiger charge is -2.09. The van der Waals surface area contributed by atoms with Gasteiger partial charge in [0.2, 0.25) is 5.76 Å². The number of methoxy groups -OCH3 is 1. The molecule has 8 nitrogen and oxygen atoms in total. The third-order valence-electron chi connectivity index (χ3n) is 4.90. The van der Waals surface area contributed by atoms with Crippen LogP contribution in [0.3, 0.4) is 0 Å². The number of imide groups is 1. The average Bonchev–Trinajstić information content (AvgIpc) is 3.39. The zero-order valence-electron chi connectivity index (χ0n) is 17.8. The molecule has 2 aromatic carbocycles. The minimum atomic E-state index is -0.661. The molecular weight excluding hydrogens is 467 g/mol. The molecule has 34 heavy (non-hydrogen) atoms. The molecule has 1 aromatic heterocycles. The summed E-state index contributed by atoms with van der Waals surface area (Å²) in [5.74, 6) is -0.926. The topological polar surface area (TPSA) is 98.1 Å². The fraction of sp³-hybridized carbons (Fsp3) is 0.125. The largest absolute Gasteiger partial charge is 0.487 e. The number of carbonyl (C=O) groups excluding carboxylic acids is 3. The van der Waals surface area contributed by atoms with Crippen molar-refractivity contribution < 1.29 is 32.7 Å². The van der Waals surface area contributed by atoms with Gasteiger partial charge in [-0.1, -0.05) is 29.8 Å². The number of esters is 1. The van der Waals surface area contributed by atoms with Crippen molar-refractivity contribution >= 4 is 35.6 Å². The van der Waals surface area contributed by atoms with Crippen molar-refractivity contribution in [3.63, 3.8) is 0 Å². The molecule has 4 rings (SSSR count). The Balaban J connectivity index is 1.43. The van der Waals surface area contributed by atoms with Crippen LogP contribution in [0.1, 0.15) is 27.4 Å². The molecule has 0 unspecified atom stereocenters. The van der Waals surface area contributed by atoms with Gasteiger partial charge in [-0.05, 0) is 53.6 Å². The molecule has 0 bridgehead atoms. The van der Waals surface area contributed by atoms with Gasteiger partial charge in [-0.3, -0.25) is 9.69 Å². The van der Waals surface area contributed by atoms with Gasteiger partial charge in [0, 0.05) is 0 Å². The zero-order valence-corrected chi connectivity index (χ0v) is 18.6. The predicted octanol–water partition coefficient (Wildman–Crippen LogP) is 4.53. The summed E-state index contributed by atoms with van der Waals surface area (Å²) in [6.07, 6.45) is 1.48. The molecule has 1 N–H and O–H groups in total. The van der Waals surface area contributed by atoms with E-state index in [2.05, 4.69) is 10.1 Å². The maximum absolute atomic E-state index is 13.0. The van der Waals surface area contributed by atoms with Gasteiger partial charge in [0.05, 0.1) is 18.7 Å². The summed E-state index contributed by atoms with van der Waals surface area (Å²) in [4.78, 5) is 37.5. The molecule has 0 atom stereocenters. The lowest BCUT2D eigenvalue weighted by Crippen LogP contribution is -2.30. The highest BCUT2D eigenvalue weighted by Gasteiger charge is 2.34. The molecule has 1 aliphatic rings. The first kappa shape index (κ1) is 23.1. The molecule has 10 heteroatoms. The SMILES string of the molecule is COC(=O)c1ccc(CN2C(=O)NC(=Cc3ccc(OCc4ccc(F)cc4)c(Cl)c3)C2=O)o1. The molecule has 1 aliphatic heterocycles. The lowest BCUT2D eigenvalue weighted by atomic mass is 10.1. The molecule has 174 valence electrons. The molecule has 2 heterocycles. The van der Waals surface area contributed by atoms with Crippen LogP contribution in [0.25, 0.3) is 6.08 Å². The van der Waals surface area contributed by atoms with Gasteiger partial charge in [-0.2, -0.15) is 0 Å². The van der Waals surface area contributed by atoms with E-state index >= 15 is 0 Å². The summed E-state index contributed by atoms with van der Waals surface area (Å²) in [5.41, 5.74) is 1.40. The summed E-state index contributed by atoms with van der Waals surface area (Å²) >= 11 is 6.30. The van der Waals surface area contributed by atoms with E-state index < -0.39 is 17.9 Å². The molecule has 0 radical (unpaired) electrons. The number of ether oxygens (including phenoxy) is 2. The van der Waals surface area contributed by atoms with Crippen LogP contribution in [0.15, 0.2) is 64.7 Å². The van der Waals surface area contributed by atoms with Gasteiger partial charge < -0.3 is 19.2 Å². The van der Waals surface area contributed by atoms with E-state index in [9.17, 15) is 18.8 Å². The monoisotopic (exact) mass is 484 g/mol. The van der Waals surface area contributed by atoms with Crippen molar-refractivity contribution in [3.8, 4) is 5.75 Å². The molecule has 0 spiro atoms. The van der Waals surface area contributed by atoms with Crippen LogP contribution < -0.4 is 10.1 Å². The van der Waals surface area contributed by atoms with E-state index in [-0.39, 0.29) is 36.2 Å². The van der Waals surface area contributed by atoms with Gasteiger partial charge in [0.1, 0.15) is 29.6 Å². The van der Waals surface area contributed by atoms with Crippen molar-refractivity contribution in [1.29, 1.82) is 0 Å². The van der Waals surface area contributed by atoms with Gasteiger partial charge in [-0.25, -0.2) is 14.0 Å². The van der Waals surface area contributed by atoms with Crippen molar-refractivity contribution in [3.05, 3.63) is 93.8 Å². The summed E-state index contributed by atoms with van der Waals surface area (Å²) in [7, 11) is 1.22. The van der Waals surface area contributed by atoms with Crippen LogP contribution in [0.4, 0.5) is 9.18 Å². The van der Waals surface area contributed by atoms with Gasteiger partial charge in [0.25, 0.3) is 5.91 Å². The minimum absolute atomic E-state index is 0.0308. The second kappa shape index (κ2) is 9.80. The fourth-order valence-electron chi connectivity index (χ4n) is 3.18. The molecule has 3 amide bonds. The second-order valence-corrected chi connectivity index (χ2v) is 7.65. The molecule has 0 saturated carbocycles. The maximum atomic E-state index is 13.0. The van der Waals surface area contributed by atoms with Crippen molar-refractivity contribution in [2.45, 2.75) is 13.2 Å². The Morgan fingerprint density at radius 1 is 1.15 bits per heavy atom. The second-order valence-electron chi connectivity index (χ2n) is 7.24. The van der Waals surface area contributed by atoms with Crippen LogP contribution in [0.5, 0.6) is 5.75 Å². The number of benzene rings is 2. The lowest BCUT2D eigenvalue weighted by molar-refractivity contribution is -0.123. The Morgan fingerprint density at radius 2 is 1.91 bits per heavy atom. The van der Waals surface area contributed by atoms with Crippen molar-refractivity contribution in [2.75, 3.05) is 7.11 Å². The Kier molecular flexibility index (Phi) is 6.65. The van der Waals surface area contributed by atoms with E-state index in [0.29, 0.717) is 16.3 Å². The number of amides is 3. The number of nitrogens with one attached hydrogen (secondary N) is 1. The molecule has 3 aromatic rings. The van der Waals surface area contributed by atoms with E-state index in [1.807, 2.05) is 0 Å². The standard InChI is InChI=1S/C24H18ClFN2O6/c1-32-23(30)21-9-7-17(34-21)12-28-22(29)19(27-24(28)31)11-15-4-8-20(18(25)10-15)33-13-14-2-5-16(26)6-3-14/h2-11H,12-13H2,1H3,(H,27,31). The Hall–Kier alpha value is -4.11. The van der Waals surface area contributed by atoms with E-state index in [0.717, 1.165) is 10.5 Å². The van der Waals surface area contributed by atoms with Crippen LogP contribution in [0, 0.1) is 5.82 Å². The minimum Gasteiger partial charge on any atom is -0.487 e. The number of carbonyl (C=O) groups is 3. The molecule has 0 aliphatic carbocycles. The summed E-state index contributed by atoms with van der Waals surface area (Å²) in [6.45, 7) is 0.0460. The highest BCUT2D eigenvalue weighted by atomic mass is 35.5. The Morgan fingerprint density at radius 3 is 2.62 bits per heavy atom. The highest BCUT2D eigenvalue weighted by molar-refractivity contribution is 6.32. The Labute approximate surface area is 198 Å². The van der Waals surface area contributed by atoms with Crippen LogP contribution in [0.2, 0.25) is 5.02 Å². The molecule has 1 fully saturated rings. The van der Waals surface area contributed by atoms with Crippen molar-refractivity contribution in [1.82, 2.24) is 10.2 Å². The highest BCUT2D eigenvalue weighted by Crippen LogP contribution is 2.28. The number of hydrogen-bond acceptors (Lipinski definition) is 6. The fourth-order valence-corrected chi connectivity index (χ4v) is 3.42.